The zero-order chi connectivity index (χ0) is 14.9. The highest BCUT2D eigenvalue weighted by Crippen LogP contribution is 2.17. The molecule has 2 aromatic carbocycles. The highest BCUT2D eigenvalue weighted by molar-refractivity contribution is 5.80. The fraction of sp³-hybridized carbons (Fsp3) is 0.111. The van der Waals surface area contributed by atoms with Gasteiger partial charge in [-0.15, -0.1) is 0 Å². The van der Waals surface area contributed by atoms with Gasteiger partial charge < -0.3 is 10.3 Å². The fourth-order valence-corrected chi connectivity index (χ4v) is 2.60. The van der Waals surface area contributed by atoms with Crippen LogP contribution in [0.25, 0.3) is 21.9 Å². The second-order valence-corrected chi connectivity index (χ2v) is 5.50. The number of nitrogens with zero attached hydrogens (tertiary/aromatic N) is 2. The van der Waals surface area contributed by atoms with Crippen molar-refractivity contribution in [2.45, 2.75) is 13.5 Å². The summed E-state index contributed by atoms with van der Waals surface area (Å²) in [6.07, 6.45) is 3.74. The van der Waals surface area contributed by atoms with Crippen molar-refractivity contribution in [1.82, 2.24) is 15.0 Å². The molecule has 2 N–H and O–H groups in total. The summed E-state index contributed by atoms with van der Waals surface area (Å²) in [6.45, 7) is 2.79. The van der Waals surface area contributed by atoms with E-state index in [9.17, 15) is 0 Å². The first kappa shape index (κ1) is 12.8. The van der Waals surface area contributed by atoms with Gasteiger partial charge in [-0.3, -0.25) is 4.98 Å². The largest absolute Gasteiger partial charge is 0.365 e. The Morgan fingerprint density at radius 2 is 2.00 bits per heavy atom. The van der Waals surface area contributed by atoms with Crippen molar-refractivity contribution in [3.63, 3.8) is 0 Å². The van der Waals surface area contributed by atoms with E-state index in [1.807, 2.05) is 12.3 Å². The number of nitrogens with one attached hydrogen (secondary N) is 2. The Hall–Kier alpha value is -2.88. The summed E-state index contributed by atoms with van der Waals surface area (Å²) >= 11 is 0. The number of benzene rings is 2. The number of H-pyrrole nitrogens is 1. The van der Waals surface area contributed by atoms with Crippen LogP contribution in [0.15, 0.2) is 54.9 Å². The van der Waals surface area contributed by atoms with Gasteiger partial charge in [0, 0.05) is 18.3 Å². The molecule has 22 heavy (non-hydrogen) atoms. The maximum atomic E-state index is 4.62. The molecule has 0 bridgehead atoms. The van der Waals surface area contributed by atoms with Crippen LogP contribution in [0.3, 0.4) is 0 Å². The van der Waals surface area contributed by atoms with Crippen LogP contribution in [0.2, 0.25) is 0 Å². The Morgan fingerprint density at radius 3 is 2.95 bits per heavy atom. The molecular formula is C18H16N4. The minimum atomic E-state index is 0.723. The average Bonchev–Trinajstić information content (AvgIpc) is 3.00. The highest BCUT2D eigenvalue weighted by Gasteiger charge is 2.01. The normalized spacial score (nSPS) is 11.1. The molecule has 4 heteroatoms. The van der Waals surface area contributed by atoms with E-state index in [-0.39, 0.29) is 0 Å². The van der Waals surface area contributed by atoms with Crippen LogP contribution in [0.1, 0.15) is 11.1 Å². The van der Waals surface area contributed by atoms with Crippen LogP contribution in [-0.2, 0) is 6.54 Å². The summed E-state index contributed by atoms with van der Waals surface area (Å²) in [5, 5.41) is 4.57. The summed E-state index contributed by atoms with van der Waals surface area (Å²) in [4.78, 5) is 12.3. The Morgan fingerprint density at radius 1 is 1.05 bits per heavy atom. The number of aromatic nitrogens is 3. The van der Waals surface area contributed by atoms with E-state index in [2.05, 4.69) is 63.6 Å². The zero-order valence-corrected chi connectivity index (χ0v) is 12.3. The minimum absolute atomic E-state index is 0.723. The maximum absolute atomic E-state index is 4.62. The molecule has 0 saturated carbocycles. The first-order chi connectivity index (χ1) is 10.8. The monoisotopic (exact) mass is 288 g/mol. The number of fused-ring (bicyclic) bond motifs is 2. The third-order valence-electron chi connectivity index (χ3n) is 3.79. The molecule has 0 fully saturated rings. The quantitative estimate of drug-likeness (QED) is 0.598. The predicted molar refractivity (Wildman–Crippen MR) is 89.9 cm³/mol. The van der Waals surface area contributed by atoms with Crippen molar-refractivity contribution in [2.24, 2.45) is 0 Å². The second-order valence-electron chi connectivity index (χ2n) is 5.50. The van der Waals surface area contributed by atoms with Crippen LogP contribution in [0.4, 0.5) is 5.82 Å². The number of hydrogen-bond donors (Lipinski definition) is 2. The van der Waals surface area contributed by atoms with E-state index in [0.717, 1.165) is 28.9 Å². The predicted octanol–water partition coefficient (Wildman–Crippen LogP) is 4.03. The highest BCUT2D eigenvalue weighted by atomic mass is 15.0. The van der Waals surface area contributed by atoms with Crippen molar-refractivity contribution in [3.8, 4) is 0 Å². The summed E-state index contributed by atoms with van der Waals surface area (Å²) < 4.78 is 0. The third kappa shape index (κ3) is 2.39. The number of aromatic amines is 1. The van der Waals surface area contributed by atoms with Gasteiger partial charge in [0.2, 0.25) is 0 Å². The van der Waals surface area contributed by atoms with Crippen molar-refractivity contribution in [3.05, 3.63) is 66.0 Å². The van der Waals surface area contributed by atoms with Gasteiger partial charge in [-0.25, -0.2) is 4.98 Å². The lowest BCUT2D eigenvalue weighted by molar-refractivity contribution is 1.11. The molecule has 0 aliphatic rings. The lowest BCUT2D eigenvalue weighted by Gasteiger charge is -2.07. The molecule has 4 aromatic rings. The van der Waals surface area contributed by atoms with Gasteiger partial charge in [0.25, 0.3) is 0 Å². The van der Waals surface area contributed by atoms with Crippen LogP contribution in [0.5, 0.6) is 0 Å². The third-order valence-corrected chi connectivity index (χ3v) is 3.79. The molecule has 4 rings (SSSR count). The molecule has 0 spiro atoms. The second kappa shape index (κ2) is 5.15. The Bertz CT molecular complexity index is 956. The topological polar surface area (TPSA) is 53.6 Å². The first-order valence-electron chi connectivity index (χ1n) is 7.31. The van der Waals surface area contributed by atoms with Crippen LogP contribution in [-0.4, -0.2) is 15.0 Å². The summed E-state index contributed by atoms with van der Waals surface area (Å²) in [5.41, 5.74) is 5.39. The summed E-state index contributed by atoms with van der Waals surface area (Å²) in [5.74, 6) is 0.796. The van der Waals surface area contributed by atoms with Gasteiger partial charge in [-0.05, 0) is 47.7 Å². The van der Waals surface area contributed by atoms with E-state index in [1.165, 1.54) is 16.5 Å². The fourth-order valence-electron chi connectivity index (χ4n) is 2.60. The molecule has 108 valence electrons. The van der Waals surface area contributed by atoms with Gasteiger partial charge >= 0.3 is 0 Å². The van der Waals surface area contributed by atoms with Crippen molar-refractivity contribution >= 4 is 27.8 Å². The molecule has 0 radical (unpaired) electrons. The molecule has 4 nitrogen and oxygen atoms in total. The van der Waals surface area contributed by atoms with Crippen molar-refractivity contribution < 1.29 is 0 Å². The molecule has 0 aliphatic carbocycles. The molecule has 0 amide bonds. The van der Waals surface area contributed by atoms with Gasteiger partial charge in [-0.2, -0.15) is 0 Å². The molecule has 0 atom stereocenters. The number of hydrogen-bond acceptors (Lipinski definition) is 3. The van der Waals surface area contributed by atoms with E-state index >= 15 is 0 Å². The van der Waals surface area contributed by atoms with Gasteiger partial charge in [-0.1, -0.05) is 18.2 Å². The van der Waals surface area contributed by atoms with E-state index in [4.69, 9.17) is 0 Å². The standard InChI is InChI=1S/C18H16N4/c1-12-2-5-15-17(8-12)22-18(11-20-15)21-10-13-3-4-14-6-7-19-16(14)9-13/h2-9,11,19H,10H2,1H3,(H,21,22). The van der Waals surface area contributed by atoms with Gasteiger partial charge in [0.05, 0.1) is 17.2 Å². The smallest absolute Gasteiger partial charge is 0.145 e. The lowest BCUT2D eigenvalue weighted by Crippen LogP contribution is -2.02. The Kier molecular flexibility index (Phi) is 3.00. The molecule has 0 saturated heterocycles. The number of anilines is 1. The summed E-state index contributed by atoms with van der Waals surface area (Å²) in [7, 11) is 0. The average molecular weight is 288 g/mol. The molecule has 2 aromatic heterocycles. The summed E-state index contributed by atoms with van der Waals surface area (Å²) in [6, 6.07) is 14.6. The van der Waals surface area contributed by atoms with E-state index in [0.29, 0.717) is 0 Å². The van der Waals surface area contributed by atoms with Crippen molar-refractivity contribution in [1.29, 1.82) is 0 Å². The Balaban J connectivity index is 1.57. The zero-order valence-electron chi connectivity index (χ0n) is 12.3. The van der Waals surface area contributed by atoms with Gasteiger partial charge in [0.15, 0.2) is 0 Å². The van der Waals surface area contributed by atoms with E-state index < -0.39 is 0 Å². The maximum Gasteiger partial charge on any atom is 0.145 e. The van der Waals surface area contributed by atoms with Gasteiger partial charge in [0.1, 0.15) is 5.82 Å². The van der Waals surface area contributed by atoms with Crippen molar-refractivity contribution in [2.75, 3.05) is 5.32 Å². The SMILES string of the molecule is Cc1ccc2ncc(NCc3ccc4cc[nH]c4c3)nc2c1. The minimum Gasteiger partial charge on any atom is -0.365 e. The number of rotatable bonds is 3. The first-order valence-corrected chi connectivity index (χ1v) is 7.31. The molecule has 2 heterocycles. The van der Waals surface area contributed by atoms with Crippen LogP contribution in [0, 0.1) is 6.92 Å². The lowest BCUT2D eigenvalue weighted by atomic mass is 10.1. The van der Waals surface area contributed by atoms with Crippen LogP contribution >= 0.6 is 0 Å². The van der Waals surface area contributed by atoms with Crippen LogP contribution < -0.4 is 5.32 Å². The molecule has 0 unspecified atom stereocenters. The Labute approximate surface area is 128 Å². The van der Waals surface area contributed by atoms with E-state index in [1.54, 1.807) is 6.20 Å². The molecule has 0 aliphatic heterocycles. The number of aryl methyl sites for hydroxylation is 1. The molecular weight excluding hydrogens is 272 g/mol.